The summed E-state index contributed by atoms with van der Waals surface area (Å²) in [6.07, 6.45) is 2.56. The number of nitrogens with zero attached hydrogens (tertiary/aromatic N) is 1. The van der Waals surface area contributed by atoms with Crippen molar-refractivity contribution in [3.63, 3.8) is 0 Å². The summed E-state index contributed by atoms with van der Waals surface area (Å²) in [5.74, 6) is 0.797. The maximum atomic E-state index is 5.64. The molecule has 23 heavy (non-hydrogen) atoms. The molecule has 2 rings (SSSR count). The number of hydrogen-bond acceptors (Lipinski definition) is 3. The molecule has 0 aromatic heterocycles. The van der Waals surface area contributed by atoms with Gasteiger partial charge in [0.05, 0.1) is 19.3 Å². The average Bonchev–Trinajstić information content (AvgIpc) is 3.05. The number of aliphatic imine (C=N–C) groups is 1. The van der Waals surface area contributed by atoms with E-state index in [9.17, 15) is 0 Å². The zero-order valence-electron chi connectivity index (χ0n) is 14.5. The van der Waals surface area contributed by atoms with E-state index < -0.39 is 0 Å². The predicted octanol–water partition coefficient (Wildman–Crippen LogP) is 2.16. The Morgan fingerprint density at radius 1 is 1.35 bits per heavy atom. The summed E-state index contributed by atoms with van der Waals surface area (Å²) < 4.78 is 11.2. The van der Waals surface area contributed by atoms with E-state index in [0.717, 1.165) is 38.5 Å². The highest BCUT2D eigenvalue weighted by Crippen LogP contribution is 2.11. The molecule has 128 valence electrons. The molecule has 0 bridgehead atoms. The first-order valence-electron chi connectivity index (χ1n) is 8.39. The SMILES string of the molecule is CN=C(NCCOCC1CCCO1)NCc1ccc(C)cc1C. The molecule has 1 aromatic carbocycles. The number of benzene rings is 1. The molecular weight excluding hydrogens is 290 g/mol. The van der Waals surface area contributed by atoms with Gasteiger partial charge in [-0.15, -0.1) is 0 Å². The number of rotatable bonds is 7. The molecule has 1 aromatic rings. The fraction of sp³-hybridized carbons (Fsp3) is 0.611. The van der Waals surface area contributed by atoms with Gasteiger partial charge in [0, 0.05) is 26.7 Å². The Labute approximate surface area is 139 Å². The molecule has 5 nitrogen and oxygen atoms in total. The van der Waals surface area contributed by atoms with Crippen LogP contribution in [0.5, 0.6) is 0 Å². The number of nitrogens with one attached hydrogen (secondary N) is 2. The highest BCUT2D eigenvalue weighted by Gasteiger charge is 2.14. The summed E-state index contributed by atoms with van der Waals surface area (Å²) in [5, 5.41) is 6.61. The Morgan fingerprint density at radius 2 is 2.22 bits per heavy atom. The lowest BCUT2D eigenvalue weighted by Gasteiger charge is -2.14. The Bertz CT molecular complexity index is 511. The van der Waals surface area contributed by atoms with Crippen LogP contribution in [0, 0.1) is 13.8 Å². The number of aryl methyl sites for hydroxylation is 2. The Morgan fingerprint density at radius 3 is 2.91 bits per heavy atom. The maximum absolute atomic E-state index is 5.64. The van der Waals surface area contributed by atoms with Crippen LogP contribution in [0.15, 0.2) is 23.2 Å². The Hall–Kier alpha value is -1.59. The minimum atomic E-state index is 0.289. The van der Waals surface area contributed by atoms with Gasteiger partial charge in [-0.05, 0) is 37.8 Å². The summed E-state index contributed by atoms with van der Waals surface area (Å²) >= 11 is 0. The number of hydrogen-bond donors (Lipinski definition) is 2. The molecule has 0 radical (unpaired) electrons. The van der Waals surface area contributed by atoms with Crippen molar-refractivity contribution in [2.45, 2.75) is 39.3 Å². The van der Waals surface area contributed by atoms with Gasteiger partial charge in [-0.3, -0.25) is 4.99 Å². The van der Waals surface area contributed by atoms with Crippen molar-refractivity contribution in [3.8, 4) is 0 Å². The molecule has 1 aliphatic rings. The molecule has 0 saturated carbocycles. The third kappa shape index (κ3) is 6.20. The van der Waals surface area contributed by atoms with Gasteiger partial charge < -0.3 is 20.1 Å². The monoisotopic (exact) mass is 319 g/mol. The van der Waals surface area contributed by atoms with Crippen LogP contribution in [-0.4, -0.2) is 45.5 Å². The van der Waals surface area contributed by atoms with Crippen molar-refractivity contribution in [2.75, 3.05) is 33.4 Å². The van der Waals surface area contributed by atoms with E-state index in [1.54, 1.807) is 7.05 Å². The van der Waals surface area contributed by atoms with E-state index in [1.807, 2.05) is 0 Å². The van der Waals surface area contributed by atoms with Crippen molar-refractivity contribution >= 4 is 5.96 Å². The first-order chi connectivity index (χ1) is 11.2. The Kier molecular flexibility index (Phi) is 7.36. The van der Waals surface area contributed by atoms with E-state index in [0.29, 0.717) is 13.2 Å². The molecule has 0 spiro atoms. The normalized spacial score (nSPS) is 18.2. The van der Waals surface area contributed by atoms with Gasteiger partial charge in [0.2, 0.25) is 0 Å². The second-order valence-electron chi connectivity index (χ2n) is 5.99. The Balaban J connectivity index is 1.63. The van der Waals surface area contributed by atoms with Crippen LogP contribution in [-0.2, 0) is 16.0 Å². The van der Waals surface area contributed by atoms with Gasteiger partial charge in [-0.25, -0.2) is 0 Å². The molecule has 1 heterocycles. The lowest BCUT2D eigenvalue weighted by molar-refractivity contribution is 0.0191. The van der Waals surface area contributed by atoms with Crippen LogP contribution < -0.4 is 10.6 Å². The van der Waals surface area contributed by atoms with Crippen LogP contribution in [0.2, 0.25) is 0 Å². The fourth-order valence-electron chi connectivity index (χ4n) is 2.68. The smallest absolute Gasteiger partial charge is 0.191 e. The molecule has 5 heteroatoms. The quantitative estimate of drug-likeness (QED) is 0.459. The van der Waals surface area contributed by atoms with Crippen LogP contribution in [0.1, 0.15) is 29.5 Å². The molecule has 1 atom stereocenters. The number of guanidine groups is 1. The predicted molar refractivity (Wildman–Crippen MR) is 93.9 cm³/mol. The van der Waals surface area contributed by atoms with Crippen LogP contribution in [0.25, 0.3) is 0 Å². The van der Waals surface area contributed by atoms with Crippen LogP contribution >= 0.6 is 0 Å². The van der Waals surface area contributed by atoms with Gasteiger partial charge in [-0.2, -0.15) is 0 Å². The molecule has 0 amide bonds. The van der Waals surface area contributed by atoms with E-state index in [2.05, 4.69) is 47.7 Å². The minimum Gasteiger partial charge on any atom is -0.377 e. The number of ether oxygens (including phenoxy) is 2. The largest absolute Gasteiger partial charge is 0.377 e. The summed E-state index contributed by atoms with van der Waals surface area (Å²) in [7, 11) is 1.78. The molecule has 0 aliphatic carbocycles. The van der Waals surface area contributed by atoms with Crippen molar-refractivity contribution in [1.82, 2.24) is 10.6 Å². The molecule has 1 unspecified atom stereocenters. The summed E-state index contributed by atoms with van der Waals surface area (Å²) in [6, 6.07) is 6.50. The third-order valence-corrected chi connectivity index (χ3v) is 4.03. The van der Waals surface area contributed by atoms with E-state index in [1.165, 1.54) is 16.7 Å². The standard InChI is InChI=1S/C18H29N3O2/c1-14-6-7-16(15(2)11-14)12-21-18(19-3)20-8-10-22-13-17-5-4-9-23-17/h6-7,11,17H,4-5,8-10,12-13H2,1-3H3,(H2,19,20,21). The highest BCUT2D eigenvalue weighted by molar-refractivity contribution is 5.79. The second kappa shape index (κ2) is 9.53. The van der Waals surface area contributed by atoms with Gasteiger partial charge in [-0.1, -0.05) is 23.8 Å². The molecule has 1 fully saturated rings. The van der Waals surface area contributed by atoms with Gasteiger partial charge in [0.1, 0.15) is 0 Å². The summed E-state index contributed by atoms with van der Waals surface area (Å²) in [5.41, 5.74) is 3.87. The van der Waals surface area contributed by atoms with Gasteiger partial charge >= 0.3 is 0 Å². The fourth-order valence-corrected chi connectivity index (χ4v) is 2.68. The lowest BCUT2D eigenvalue weighted by Crippen LogP contribution is -2.38. The molecule has 2 N–H and O–H groups in total. The van der Waals surface area contributed by atoms with Crippen LogP contribution in [0.3, 0.4) is 0 Å². The van der Waals surface area contributed by atoms with Gasteiger partial charge in [0.15, 0.2) is 5.96 Å². The lowest BCUT2D eigenvalue weighted by atomic mass is 10.1. The van der Waals surface area contributed by atoms with E-state index >= 15 is 0 Å². The zero-order valence-corrected chi connectivity index (χ0v) is 14.5. The summed E-state index contributed by atoms with van der Waals surface area (Å²) in [6.45, 7) is 7.98. The first kappa shape index (κ1) is 17.8. The summed E-state index contributed by atoms with van der Waals surface area (Å²) in [4.78, 5) is 4.24. The second-order valence-corrected chi connectivity index (χ2v) is 5.99. The maximum Gasteiger partial charge on any atom is 0.191 e. The average molecular weight is 319 g/mol. The van der Waals surface area contributed by atoms with E-state index in [4.69, 9.17) is 9.47 Å². The molecule has 1 saturated heterocycles. The van der Waals surface area contributed by atoms with Crippen molar-refractivity contribution in [2.24, 2.45) is 4.99 Å². The van der Waals surface area contributed by atoms with Gasteiger partial charge in [0.25, 0.3) is 0 Å². The highest BCUT2D eigenvalue weighted by atomic mass is 16.5. The topological polar surface area (TPSA) is 54.9 Å². The molecular formula is C18H29N3O2. The third-order valence-electron chi connectivity index (χ3n) is 4.03. The van der Waals surface area contributed by atoms with Crippen molar-refractivity contribution in [1.29, 1.82) is 0 Å². The zero-order chi connectivity index (χ0) is 16.5. The molecule has 1 aliphatic heterocycles. The van der Waals surface area contributed by atoms with Crippen molar-refractivity contribution in [3.05, 3.63) is 34.9 Å². The van der Waals surface area contributed by atoms with E-state index in [-0.39, 0.29) is 6.10 Å². The van der Waals surface area contributed by atoms with Crippen LogP contribution in [0.4, 0.5) is 0 Å². The first-order valence-corrected chi connectivity index (χ1v) is 8.39. The minimum absolute atomic E-state index is 0.289. The van der Waals surface area contributed by atoms with Crippen molar-refractivity contribution < 1.29 is 9.47 Å².